The minimum atomic E-state index is -0.484. The van der Waals surface area contributed by atoms with Gasteiger partial charge in [-0.15, -0.1) is 0 Å². The van der Waals surface area contributed by atoms with E-state index in [2.05, 4.69) is 15.6 Å². The van der Waals surface area contributed by atoms with E-state index in [9.17, 15) is 14.4 Å². The van der Waals surface area contributed by atoms with Crippen molar-refractivity contribution in [1.29, 1.82) is 0 Å². The van der Waals surface area contributed by atoms with Crippen molar-refractivity contribution in [3.63, 3.8) is 0 Å². The molecule has 3 heterocycles. The molecule has 154 valence electrons. The topological polar surface area (TPSA) is 109 Å². The third kappa shape index (κ3) is 4.51. The van der Waals surface area contributed by atoms with Crippen molar-refractivity contribution < 1.29 is 19.0 Å². The van der Waals surface area contributed by atoms with Gasteiger partial charge in [-0.3, -0.25) is 14.4 Å². The van der Waals surface area contributed by atoms with E-state index in [0.29, 0.717) is 32.6 Å². The normalized spacial score (nSPS) is 20.8. The molecule has 28 heavy (non-hydrogen) atoms. The molecule has 1 aromatic rings. The van der Waals surface area contributed by atoms with Crippen molar-refractivity contribution in [2.24, 2.45) is 11.3 Å². The lowest BCUT2D eigenvalue weighted by atomic mass is 9.91. The Morgan fingerprint density at radius 3 is 2.36 bits per heavy atom. The SMILES string of the molecule is CC(C)(C)C(=O)N1CCC[C@@H](C(=O)Nc2nonc2C(=O)N2CCCCC2)C1. The smallest absolute Gasteiger partial charge is 0.280 e. The number of nitrogens with zero attached hydrogens (tertiary/aromatic N) is 4. The quantitative estimate of drug-likeness (QED) is 0.843. The maximum absolute atomic E-state index is 12.8. The van der Waals surface area contributed by atoms with Crippen molar-refractivity contribution in [3.05, 3.63) is 5.69 Å². The molecule has 1 aromatic heterocycles. The number of amides is 3. The maximum atomic E-state index is 12.8. The molecule has 9 nitrogen and oxygen atoms in total. The van der Waals surface area contributed by atoms with E-state index < -0.39 is 5.41 Å². The van der Waals surface area contributed by atoms with E-state index >= 15 is 0 Å². The molecule has 3 amide bonds. The highest BCUT2D eigenvalue weighted by Gasteiger charge is 2.34. The molecule has 2 aliphatic heterocycles. The average Bonchev–Trinajstić information content (AvgIpc) is 3.15. The van der Waals surface area contributed by atoms with Crippen LogP contribution >= 0.6 is 0 Å². The molecule has 0 aromatic carbocycles. The minimum Gasteiger partial charge on any atom is -0.341 e. The fourth-order valence-electron chi connectivity index (χ4n) is 3.73. The zero-order valence-corrected chi connectivity index (χ0v) is 16.9. The molecule has 1 N–H and O–H groups in total. The molecule has 2 saturated heterocycles. The lowest BCUT2D eigenvalue weighted by molar-refractivity contribution is -0.142. The van der Waals surface area contributed by atoms with Crippen LogP contribution in [-0.2, 0) is 9.59 Å². The summed E-state index contributed by atoms with van der Waals surface area (Å²) in [5.41, 5.74) is -0.448. The molecule has 0 saturated carbocycles. The van der Waals surface area contributed by atoms with Crippen LogP contribution in [-0.4, -0.2) is 64.0 Å². The van der Waals surface area contributed by atoms with E-state index in [-0.39, 0.29) is 35.2 Å². The first-order chi connectivity index (χ1) is 13.3. The van der Waals surface area contributed by atoms with Gasteiger partial charge >= 0.3 is 0 Å². The lowest BCUT2D eigenvalue weighted by Gasteiger charge is -2.35. The van der Waals surface area contributed by atoms with Crippen LogP contribution in [0, 0.1) is 11.3 Å². The molecule has 1 atom stereocenters. The number of rotatable bonds is 3. The highest BCUT2D eigenvalue weighted by Crippen LogP contribution is 2.25. The number of hydrogen-bond acceptors (Lipinski definition) is 6. The largest absolute Gasteiger partial charge is 0.341 e. The second-order valence-electron chi connectivity index (χ2n) is 8.64. The summed E-state index contributed by atoms with van der Waals surface area (Å²) in [6.07, 6.45) is 4.46. The van der Waals surface area contributed by atoms with Gasteiger partial charge in [-0.2, -0.15) is 0 Å². The second-order valence-corrected chi connectivity index (χ2v) is 8.64. The summed E-state index contributed by atoms with van der Waals surface area (Å²) in [6.45, 7) is 7.99. The summed E-state index contributed by atoms with van der Waals surface area (Å²) in [5.74, 6) is -0.803. The van der Waals surface area contributed by atoms with Crippen LogP contribution in [0.1, 0.15) is 63.4 Å². The van der Waals surface area contributed by atoms with Gasteiger partial charge in [0.2, 0.25) is 23.3 Å². The van der Waals surface area contributed by atoms with Crippen LogP contribution in [0.15, 0.2) is 4.63 Å². The zero-order chi connectivity index (χ0) is 20.3. The van der Waals surface area contributed by atoms with E-state index in [0.717, 1.165) is 25.7 Å². The summed E-state index contributed by atoms with van der Waals surface area (Å²) in [6, 6.07) is 0. The molecule has 9 heteroatoms. The molecule has 2 fully saturated rings. The monoisotopic (exact) mass is 391 g/mol. The Hall–Kier alpha value is -2.45. The van der Waals surface area contributed by atoms with Gasteiger partial charge in [0.05, 0.1) is 5.92 Å². The van der Waals surface area contributed by atoms with E-state index in [1.54, 1.807) is 9.80 Å². The number of carbonyl (C=O) groups excluding carboxylic acids is 3. The second kappa shape index (κ2) is 8.28. The first-order valence-electron chi connectivity index (χ1n) is 9.99. The number of piperidine rings is 2. The number of aromatic nitrogens is 2. The predicted octanol–water partition coefficient (Wildman–Crippen LogP) is 1.92. The van der Waals surface area contributed by atoms with E-state index in [1.165, 1.54) is 0 Å². The first-order valence-corrected chi connectivity index (χ1v) is 9.99. The Balaban J connectivity index is 1.64. The van der Waals surface area contributed by atoms with Crippen LogP contribution in [0.4, 0.5) is 5.82 Å². The molecular weight excluding hydrogens is 362 g/mol. The van der Waals surface area contributed by atoms with Crippen molar-refractivity contribution in [2.45, 2.75) is 52.9 Å². The van der Waals surface area contributed by atoms with Gasteiger partial charge < -0.3 is 15.1 Å². The van der Waals surface area contributed by atoms with Crippen LogP contribution in [0.2, 0.25) is 0 Å². The van der Waals surface area contributed by atoms with Gasteiger partial charge in [0.1, 0.15) is 0 Å². The molecular formula is C19H29N5O4. The van der Waals surface area contributed by atoms with Crippen LogP contribution in [0.25, 0.3) is 0 Å². The third-order valence-corrected chi connectivity index (χ3v) is 5.30. The average molecular weight is 391 g/mol. The van der Waals surface area contributed by atoms with Crippen molar-refractivity contribution in [1.82, 2.24) is 20.1 Å². The van der Waals surface area contributed by atoms with Crippen molar-refractivity contribution >= 4 is 23.5 Å². The van der Waals surface area contributed by atoms with Gasteiger partial charge in [0, 0.05) is 31.6 Å². The van der Waals surface area contributed by atoms with Crippen molar-refractivity contribution in [3.8, 4) is 0 Å². The molecule has 0 unspecified atom stereocenters. The zero-order valence-electron chi connectivity index (χ0n) is 16.9. The van der Waals surface area contributed by atoms with Crippen LogP contribution in [0.5, 0.6) is 0 Å². The Morgan fingerprint density at radius 1 is 1.00 bits per heavy atom. The Morgan fingerprint density at radius 2 is 1.68 bits per heavy atom. The van der Waals surface area contributed by atoms with Crippen LogP contribution < -0.4 is 5.32 Å². The van der Waals surface area contributed by atoms with Crippen molar-refractivity contribution in [2.75, 3.05) is 31.5 Å². The molecule has 0 spiro atoms. The predicted molar refractivity (Wildman–Crippen MR) is 101 cm³/mol. The highest BCUT2D eigenvalue weighted by atomic mass is 16.6. The number of hydrogen-bond donors (Lipinski definition) is 1. The molecule has 0 aliphatic carbocycles. The molecule has 0 bridgehead atoms. The molecule has 3 rings (SSSR count). The van der Waals surface area contributed by atoms with E-state index in [1.807, 2.05) is 20.8 Å². The fraction of sp³-hybridized carbons (Fsp3) is 0.737. The Bertz CT molecular complexity index is 733. The van der Waals surface area contributed by atoms with Gasteiger partial charge in [-0.1, -0.05) is 20.8 Å². The van der Waals surface area contributed by atoms with Gasteiger partial charge in [-0.25, -0.2) is 4.63 Å². The Labute approximate surface area is 164 Å². The lowest BCUT2D eigenvalue weighted by Crippen LogP contribution is -2.47. The third-order valence-electron chi connectivity index (χ3n) is 5.30. The summed E-state index contributed by atoms with van der Waals surface area (Å²) in [4.78, 5) is 41.4. The van der Waals surface area contributed by atoms with Gasteiger partial charge in [-0.05, 0) is 42.4 Å². The summed E-state index contributed by atoms with van der Waals surface area (Å²) in [7, 11) is 0. The maximum Gasteiger partial charge on any atom is 0.280 e. The number of carbonyl (C=O) groups is 3. The van der Waals surface area contributed by atoms with Crippen LogP contribution in [0.3, 0.4) is 0 Å². The standard InChI is InChI=1S/C19H29N5O4/c1-19(2,3)18(27)24-11-7-8-13(12-24)16(25)20-15-14(21-28-22-15)17(26)23-9-5-4-6-10-23/h13H,4-12H2,1-3H3,(H,20,22,25)/t13-/m1/s1. The summed E-state index contributed by atoms with van der Waals surface area (Å²) < 4.78 is 4.72. The number of anilines is 1. The van der Waals surface area contributed by atoms with E-state index in [4.69, 9.17) is 4.63 Å². The minimum absolute atomic E-state index is 0.0358. The fourth-order valence-corrected chi connectivity index (χ4v) is 3.73. The number of likely N-dealkylation sites (tertiary alicyclic amines) is 2. The Kier molecular flexibility index (Phi) is 6.00. The van der Waals surface area contributed by atoms with Gasteiger partial charge in [0.15, 0.2) is 0 Å². The van der Waals surface area contributed by atoms with Gasteiger partial charge in [0.25, 0.3) is 5.91 Å². The molecule has 2 aliphatic rings. The summed E-state index contributed by atoms with van der Waals surface area (Å²) >= 11 is 0. The highest BCUT2D eigenvalue weighted by molar-refractivity contribution is 6.01. The number of nitrogens with one attached hydrogen (secondary N) is 1. The molecule has 0 radical (unpaired) electrons. The summed E-state index contributed by atoms with van der Waals surface area (Å²) in [5, 5.41) is 10.1. The first kappa shape index (κ1) is 20.3.